The smallest absolute Gasteiger partial charge is 0.251 e. The molecule has 0 heterocycles. The molecule has 3 amide bonds. The fourth-order valence-electron chi connectivity index (χ4n) is 5.90. The van der Waals surface area contributed by atoms with E-state index >= 15 is 0 Å². The Morgan fingerprint density at radius 2 is 1.43 bits per heavy atom. The number of nitrogens with one attached hydrogen (secondary N) is 2. The van der Waals surface area contributed by atoms with Crippen LogP contribution in [0.3, 0.4) is 0 Å². The van der Waals surface area contributed by atoms with Gasteiger partial charge in [-0.2, -0.15) is 0 Å². The van der Waals surface area contributed by atoms with E-state index in [2.05, 4.69) is 10.6 Å². The molecule has 3 atom stereocenters. The zero-order valence-corrected chi connectivity index (χ0v) is 25.7. The lowest BCUT2D eigenvalue weighted by atomic mass is 9.85. The minimum Gasteiger partial charge on any atom is -0.370 e. The Kier molecular flexibility index (Phi) is 14.7. The number of primary amides is 1. The highest BCUT2D eigenvalue weighted by Crippen LogP contribution is 2.27. The molecule has 1 aliphatic carbocycles. The van der Waals surface area contributed by atoms with Crippen molar-refractivity contribution in [1.82, 2.24) is 10.6 Å². The third-order valence-corrected chi connectivity index (χ3v) is 8.47. The maximum atomic E-state index is 13.8. The highest BCUT2D eigenvalue weighted by molar-refractivity contribution is 5.99. The van der Waals surface area contributed by atoms with Crippen LogP contribution in [0.1, 0.15) is 93.0 Å². The molecule has 0 bridgehead atoms. The standard InChI is InChI=1S/C35H48N4O5/c36-21-11-10-18-28(35(44)39-30(24-33(37)42)31(40)20-19-25-12-4-1-5-13-25)23-32(41)29(22-26-14-6-2-7-15-26)38-34(43)27-16-8-3-9-17-27/h2-3,6-9,14-17,25,28-30H,1,4-5,10-13,18-24,36H2,(H2,37,42)(H,38,43)(H,39,44)/t28-,29+,30+/m1/s1. The lowest BCUT2D eigenvalue weighted by molar-refractivity contribution is -0.134. The molecular weight excluding hydrogens is 556 g/mol. The van der Waals surface area contributed by atoms with Gasteiger partial charge < -0.3 is 22.1 Å². The van der Waals surface area contributed by atoms with Gasteiger partial charge in [-0.1, -0.05) is 87.1 Å². The second-order valence-electron chi connectivity index (χ2n) is 12.0. The first-order valence-corrected chi connectivity index (χ1v) is 16.0. The Labute approximate surface area is 260 Å². The number of rotatable bonds is 19. The summed E-state index contributed by atoms with van der Waals surface area (Å²) in [6.07, 6.45) is 8.22. The Hall–Kier alpha value is -3.85. The van der Waals surface area contributed by atoms with E-state index in [9.17, 15) is 24.0 Å². The van der Waals surface area contributed by atoms with Crippen molar-refractivity contribution in [2.75, 3.05) is 6.54 Å². The number of hydrogen-bond acceptors (Lipinski definition) is 6. The van der Waals surface area contributed by atoms with E-state index in [1.54, 1.807) is 30.3 Å². The van der Waals surface area contributed by atoms with Gasteiger partial charge in [-0.05, 0) is 55.8 Å². The number of carbonyl (C=O) groups is 5. The number of Topliss-reactive ketones (excluding diaryl/α,β-unsaturated/α-hetero) is 2. The number of nitrogens with two attached hydrogens (primary N) is 2. The second-order valence-corrected chi connectivity index (χ2v) is 12.0. The minimum absolute atomic E-state index is 0.136. The molecule has 9 heteroatoms. The van der Waals surface area contributed by atoms with Crippen LogP contribution in [0.5, 0.6) is 0 Å². The van der Waals surface area contributed by atoms with Crippen LogP contribution in [-0.2, 0) is 25.6 Å². The molecule has 9 nitrogen and oxygen atoms in total. The Bertz CT molecular complexity index is 1210. The van der Waals surface area contributed by atoms with Gasteiger partial charge in [-0.25, -0.2) is 0 Å². The summed E-state index contributed by atoms with van der Waals surface area (Å²) in [5, 5.41) is 5.63. The molecule has 0 saturated heterocycles. The quantitative estimate of drug-likeness (QED) is 0.177. The Morgan fingerprint density at radius 3 is 2.07 bits per heavy atom. The summed E-state index contributed by atoms with van der Waals surface area (Å²) in [4.78, 5) is 65.5. The molecule has 0 unspecified atom stereocenters. The fraction of sp³-hybridized carbons (Fsp3) is 0.514. The Balaban J connectivity index is 1.74. The third-order valence-electron chi connectivity index (χ3n) is 8.47. The summed E-state index contributed by atoms with van der Waals surface area (Å²) < 4.78 is 0. The lowest BCUT2D eigenvalue weighted by Crippen LogP contribution is -2.47. The summed E-state index contributed by atoms with van der Waals surface area (Å²) in [7, 11) is 0. The first-order valence-electron chi connectivity index (χ1n) is 16.0. The molecule has 1 aliphatic rings. The monoisotopic (exact) mass is 604 g/mol. The van der Waals surface area contributed by atoms with Crippen LogP contribution in [0.2, 0.25) is 0 Å². The van der Waals surface area contributed by atoms with Crippen molar-refractivity contribution >= 4 is 29.3 Å². The van der Waals surface area contributed by atoms with Gasteiger partial charge in [0.05, 0.1) is 18.5 Å². The maximum Gasteiger partial charge on any atom is 0.251 e. The average molecular weight is 605 g/mol. The molecule has 0 spiro atoms. The molecule has 0 aliphatic heterocycles. The van der Waals surface area contributed by atoms with Crippen molar-refractivity contribution in [2.45, 2.75) is 95.6 Å². The predicted octanol–water partition coefficient (Wildman–Crippen LogP) is 4.02. The zero-order chi connectivity index (χ0) is 31.7. The van der Waals surface area contributed by atoms with Crippen LogP contribution >= 0.6 is 0 Å². The zero-order valence-electron chi connectivity index (χ0n) is 25.7. The van der Waals surface area contributed by atoms with Crippen LogP contribution in [-0.4, -0.2) is 47.9 Å². The van der Waals surface area contributed by atoms with Crippen molar-refractivity contribution in [3.05, 3.63) is 71.8 Å². The number of unbranched alkanes of at least 4 members (excludes halogenated alkanes) is 1. The number of amides is 3. The largest absolute Gasteiger partial charge is 0.370 e. The van der Waals surface area contributed by atoms with E-state index in [0.717, 1.165) is 37.7 Å². The third kappa shape index (κ3) is 12.0. The van der Waals surface area contributed by atoms with Crippen molar-refractivity contribution < 1.29 is 24.0 Å². The predicted molar refractivity (Wildman–Crippen MR) is 170 cm³/mol. The molecular formula is C35H48N4O5. The van der Waals surface area contributed by atoms with Crippen LogP contribution in [0.25, 0.3) is 0 Å². The SMILES string of the molecule is NCCCC[C@H](CC(=O)[C@H](Cc1ccccc1)NC(=O)c1ccccc1)C(=O)N[C@@H](CC(N)=O)C(=O)CCC1CCCCC1. The average Bonchev–Trinajstić information content (AvgIpc) is 3.03. The van der Waals surface area contributed by atoms with Crippen LogP contribution in [0, 0.1) is 11.8 Å². The first kappa shape index (κ1) is 34.6. The number of ketones is 2. The highest BCUT2D eigenvalue weighted by atomic mass is 16.2. The molecule has 1 fully saturated rings. The first-order chi connectivity index (χ1) is 21.3. The Morgan fingerprint density at radius 1 is 0.773 bits per heavy atom. The van der Waals surface area contributed by atoms with Gasteiger partial charge >= 0.3 is 0 Å². The van der Waals surface area contributed by atoms with Crippen LogP contribution < -0.4 is 22.1 Å². The normalized spacial score (nSPS) is 15.5. The van der Waals surface area contributed by atoms with Crippen molar-refractivity contribution in [2.24, 2.45) is 23.3 Å². The molecule has 2 aromatic carbocycles. The van der Waals surface area contributed by atoms with Gasteiger partial charge in [-0.15, -0.1) is 0 Å². The van der Waals surface area contributed by atoms with E-state index in [1.807, 2.05) is 30.3 Å². The molecule has 238 valence electrons. The van der Waals surface area contributed by atoms with Crippen molar-refractivity contribution in [3.8, 4) is 0 Å². The van der Waals surface area contributed by atoms with E-state index in [0.29, 0.717) is 37.3 Å². The summed E-state index contributed by atoms with van der Waals surface area (Å²) in [5.74, 6) is -2.32. The van der Waals surface area contributed by atoms with E-state index in [1.165, 1.54) is 6.42 Å². The molecule has 3 rings (SSSR count). The molecule has 0 radical (unpaired) electrons. The van der Waals surface area contributed by atoms with E-state index in [-0.39, 0.29) is 43.2 Å². The molecule has 6 N–H and O–H groups in total. The highest BCUT2D eigenvalue weighted by Gasteiger charge is 2.31. The topological polar surface area (TPSA) is 161 Å². The van der Waals surface area contributed by atoms with Gasteiger partial charge in [0, 0.05) is 24.3 Å². The second kappa shape index (κ2) is 18.7. The lowest BCUT2D eigenvalue weighted by Gasteiger charge is -2.25. The summed E-state index contributed by atoms with van der Waals surface area (Å²) >= 11 is 0. The minimum atomic E-state index is -1.03. The number of hydrogen-bond donors (Lipinski definition) is 4. The van der Waals surface area contributed by atoms with Crippen molar-refractivity contribution in [3.63, 3.8) is 0 Å². The van der Waals surface area contributed by atoms with Gasteiger partial charge in [0.25, 0.3) is 5.91 Å². The maximum absolute atomic E-state index is 13.8. The summed E-state index contributed by atoms with van der Waals surface area (Å²) in [6.45, 7) is 0.440. The number of carbonyl (C=O) groups excluding carboxylic acids is 5. The van der Waals surface area contributed by atoms with Gasteiger partial charge in [0.15, 0.2) is 11.6 Å². The summed E-state index contributed by atoms with van der Waals surface area (Å²) in [5.41, 5.74) is 12.4. The van der Waals surface area contributed by atoms with Crippen LogP contribution in [0.15, 0.2) is 60.7 Å². The van der Waals surface area contributed by atoms with E-state index in [4.69, 9.17) is 11.5 Å². The number of benzene rings is 2. The van der Waals surface area contributed by atoms with Gasteiger partial charge in [0.1, 0.15) is 0 Å². The van der Waals surface area contributed by atoms with Gasteiger partial charge in [0.2, 0.25) is 11.8 Å². The van der Waals surface area contributed by atoms with Crippen molar-refractivity contribution in [1.29, 1.82) is 0 Å². The summed E-state index contributed by atoms with van der Waals surface area (Å²) in [6, 6.07) is 16.1. The molecule has 2 aromatic rings. The molecule has 1 saturated carbocycles. The molecule has 44 heavy (non-hydrogen) atoms. The molecule has 0 aromatic heterocycles. The fourth-order valence-corrected chi connectivity index (χ4v) is 5.90. The van der Waals surface area contributed by atoms with E-state index < -0.39 is 29.8 Å². The van der Waals surface area contributed by atoms with Crippen LogP contribution in [0.4, 0.5) is 0 Å². The van der Waals surface area contributed by atoms with Gasteiger partial charge in [-0.3, -0.25) is 24.0 Å².